The molecule has 6 heteroatoms. The molecule has 0 aromatic heterocycles. The van der Waals surface area contributed by atoms with E-state index in [-0.39, 0.29) is 47.9 Å². The van der Waals surface area contributed by atoms with Crippen molar-refractivity contribution in [2.24, 2.45) is 0 Å². The Kier molecular flexibility index (Phi) is 6.31. The van der Waals surface area contributed by atoms with Crippen LogP contribution in [0, 0.1) is 0 Å². The predicted molar refractivity (Wildman–Crippen MR) is 122 cm³/mol. The van der Waals surface area contributed by atoms with Crippen LogP contribution in [0.1, 0.15) is 79.7 Å². The van der Waals surface area contributed by atoms with Crippen LogP contribution in [0.15, 0.2) is 36.4 Å². The largest absolute Gasteiger partial charge is 0.382 e. The SMILES string of the molecule is CCC(O)(CC)C(=O)C1=CC(=O)C(=O)c2c1ccc1ccc(C(=O)C(O)(CC)CC)cc21. The van der Waals surface area contributed by atoms with E-state index in [1.807, 2.05) is 0 Å². The van der Waals surface area contributed by atoms with Crippen LogP contribution in [0.3, 0.4) is 0 Å². The molecule has 6 nitrogen and oxygen atoms in total. The molecule has 0 saturated heterocycles. The average Bonchev–Trinajstić information content (AvgIpc) is 2.83. The highest BCUT2D eigenvalue weighted by atomic mass is 16.3. The monoisotopic (exact) mass is 436 g/mol. The van der Waals surface area contributed by atoms with E-state index in [0.717, 1.165) is 6.08 Å². The van der Waals surface area contributed by atoms with Gasteiger partial charge in [0.15, 0.2) is 11.6 Å². The zero-order valence-electron chi connectivity index (χ0n) is 18.8. The van der Waals surface area contributed by atoms with E-state index >= 15 is 0 Å². The summed E-state index contributed by atoms with van der Waals surface area (Å²) in [5.74, 6) is -2.69. The first-order valence-corrected chi connectivity index (χ1v) is 11.0. The van der Waals surface area contributed by atoms with Crippen molar-refractivity contribution in [1.29, 1.82) is 0 Å². The maximum Gasteiger partial charge on any atom is 0.234 e. The number of allylic oxidation sites excluding steroid dienone is 1. The van der Waals surface area contributed by atoms with Gasteiger partial charge < -0.3 is 10.2 Å². The summed E-state index contributed by atoms with van der Waals surface area (Å²) in [5.41, 5.74) is -2.65. The van der Waals surface area contributed by atoms with Crippen molar-refractivity contribution in [3.63, 3.8) is 0 Å². The Morgan fingerprint density at radius 3 is 1.91 bits per heavy atom. The van der Waals surface area contributed by atoms with Crippen LogP contribution >= 0.6 is 0 Å². The number of rotatable bonds is 8. The summed E-state index contributed by atoms with van der Waals surface area (Å²) >= 11 is 0. The van der Waals surface area contributed by atoms with Crippen LogP contribution < -0.4 is 0 Å². The van der Waals surface area contributed by atoms with Crippen LogP contribution in [0.5, 0.6) is 0 Å². The molecule has 32 heavy (non-hydrogen) atoms. The normalized spacial score (nSPS) is 14.4. The van der Waals surface area contributed by atoms with Gasteiger partial charge in [0.05, 0.1) is 0 Å². The number of carbonyl (C=O) groups excluding carboxylic acids is 4. The number of Topliss-reactive ketones (excluding diaryl/α,β-unsaturated/α-hetero) is 3. The molecule has 0 saturated carbocycles. The van der Waals surface area contributed by atoms with Crippen LogP contribution in [0.25, 0.3) is 16.3 Å². The second-order valence-electron chi connectivity index (χ2n) is 8.31. The van der Waals surface area contributed by atoms with Gasteiger partial charge in [0, 0.05) is 22.8 Å². The van der Waals surface area contributed by atoms with Crippen molar-refractivity contribution in [2.75, 3.05) is 0 Å². The number of ketones is 4. The van der Waals surface area contributed by atoms with Gasteiger partial charge in [0.1, 0.15) is 11.2 Å². The first-order valence-electron chi connectivity index (χ1n) is 11.0. The minimum absolute atomic E-state index is 0.00643. The number of hydrogen-bond donors (Lipinski definition) is 2. The van der Waals surface area contributed by atoms with Crippen molar-refractivity contribution in [3.8, 4) is 0 Å². The van der Waals surface area contributed by atoms with E-state index in [4.69, 9.17) is 0 Å². The predicted octanol–water partition coefficient (Wildman–Crippen LogP) is 3.84. The third-order valence-corrected chi connectivity index (χ3v) is 6.73. The van der Waals surface area contributed by atoms with E-state index in [9.17, 15) is 29.4 Å². The highest BCUT2D eigenvalue weighted by Crippen LogP contribution is 2.36. The van der Waals surface area contributed by atoms with Crippen molar-refractivity contribution in [3.05, 3.63) is 53.1 Å². The zero-order valence-corrected chi connectivity index (χ0v) is 18.8. The molecular formula is C26H28O6. The lowest BCUT2D eigenvalue weighted by molar-refractivity contribution is -0.131. The molecule has 0 bridgehead atoms. The van der Waals surface area contributed by atoms with Gasteiger partial charge in [0.25, 0.3) is 0 Å². The number of fused-ring (bicyclic) bond motifs is 3. The number of aliphatic hydroxyl groups is 2. The van der Waals surface area contributed by atoms with Gasteiger partial charge >= 0.3 is 0 Å². The van der Waals surface area contributed by atoms with E-state index in [2.05, 4.69) is 0 Å². The highest BCUT2D eigenvalue weighted by molar-refractivity contribution is 6.55. The first-order chi connectivity index (χ1) is 15.1. The van der Waals surface area contributed by atoms with Crippen molar-refractivity contribution in [2.45, 2.75) is 64.6 Å². The Bertz CT molecular complexity index is 1160. The second-order valence-corrected chi connectivity index (χ2v) is 8.31. The van der Waals surface area contributed by atoms with Gasteiger partial charge in [-0.3, -0.25) is 19.2 Å². The summed E-state index contributed by atoms with van der Waals surface area (Å²) < 4.78 is 0. The zero-order chi connectivity index (χ0) is 23.8. The van der Waals surface area contributed by atoms with Crippen LogP contribution in [-0.4, -0.2) is 44.5 Å². The average molecular weight is 437 g/mol. The summed E-state index contributed by atoms with van der Waals surface area (Å²) in [6.07, 6.45) is 1.79. The Morgan fingerprint density at radius 2 is 1.34 bits per heavy atom. The van der Waals surface area contributed by atoms with Crippen LogP contribution in [0.4, 0.5) is 0 Å². The molecule has 168 valence electrons. The lowest BCUT2D eigenvalue weighted by atomic mass is 9.78. The molecule has 0 unspecified atom stereocenters. The summed E-state index contributed by atoms with van der Waals surface area (Å²) in [5, 5.41) is 22.4. The van der Waals surface area contributed by atoms with Gasteiger partial charge in [-0.2, -0.15) is 0 Å². The number of carbonyl (C=O) groups is 4. The number of hydrogen-bond acceptors (Lipinski definition) is 6. The Morgan fingerprint density at radius 1 is 0.812 bits per heavy atom. The molecule has 1 aliphatic carbocycles. The molecule has 0 atom stereocenters. The lowest BCUT2D eigenvalue weighted by Gasteiger charge is -2.27. The van der Waals surface area contributed by atoms with Crippen molar-refractivity contribution >= 4 is 39.5 Å². The molecule has 2 aromatic carbocycles. The minimum atomic E-state index is -1.64. The Labute approximate surface area is 186 Å². The van der Waals surface area contributed by atoms with Crippen LogP contribution in [-0.2, 0) is 9.59 Å². The van der Waals surface area contributed by atoms with Crippen molar-refractivity contribution < 1.29 is 29.4 Å². The Hall–Kier alpha value is -2.96. The molecule has 2 N–H and O–H groups in total. The molecule has 3 rings (SSSR count). The van der Waals surface area contributed by atoms with E-state index in [1.165, 1.54) is 6.07 Å². The van der Waals surface area contributed by atoms with E-state index in [0.29, 0.717) is 10.8 Å². The highest BCUT2D eigenvalue weighted by Gasteiger charge is 2.39. The molecular weight excluding hydrogens is 408 g/mol. The molecule has 0 amide bonds. The summed E-state index contributed by atoms with van der Waals surface area (Å²) in [4.78, 5) is 51.5. The van der Waals surface area contributed by atoms with Gasteiger partial charge in [-0.05, 0) is 48.1 Å². The molecule has 0 radical (unpaired) electrons. The topological polar surface area (TPSA) is 109 Å². The molecule has 0 fully saturated rings. The first kappa shape index (κ1) is 23.7. The van der Waals surface area contributed by atoms with Crippen molar-refractivity contribution in [1.82, 2.24) is 0 Å². The van der Waals surface area contributed by atoms with Gasteiger partial charge in [-0.15, -0.1) is 0 Å². The summed E-state index contributed by atoms with van der Waals surface area (Å²) in [7, 11) is 0. The maximum absolute atomic E-state index is 13.1. The Balaban J connectivity index is 2.26. The van der Waals surface area contributed by atoms with Gasteiger partial charge in [-0.25, -0.2) is 0 Å². The standard InChI is InChI=1S/C26H28O6/c1-5-25(31,6-2)23(29)16-10-9-15-11-12-17-19(24(30)26(32,7-3)8-4)14-20(27)22(28)21(17)18(15)13-16/h9-14,31-32H,5-8H2,1-4H3. The second kappa shape index (κ2) is 8.52. The summed E-state index contributed by atoms with van der Waals surface area (Å²) in [6, 6.07) is 8.03. The fourth-order valence-corrected chi connectivity index (χ4v) is 4.18. The molecule has 0 spiro atoms. The molecule has 0 heterocycles. The van der Waals surface area contributed by atoms with E-state index in [1.54, 1.807) is 52.0 Å². The quantitative estimate of drug-likeness (QED) is 0.481. The number of benzene rings is 2. The van der Waals surface area contributed by atoms with Gasteiger partial charge in [-0.1, -0.05) is 52.0 Å². The van der Waals surface area contributed by atoms with Gasteiger partial charge in [0.2, 0.25) is 11.6 Å². The molecule has 2 aromatic rings. The van der Waals surface area contributed by atoms with Crippen LogP contribution in [0.2, 0.25) is 0 Å². The lowest BCUT2D eigenvalue weighted by Crippen LogP contribution is -2.39. The van der Waals surface area contributed by atoms with E-state index < -0.39 is 34.3 Å². The smallest absolute Gasteiger partial charge is 0.234 e. The minimum Gasteiger partial charge on any atom is -0.382 e. The molecule has 0 aliphatic heterocycles. The fraction of sp³-hybridized carbons (Fsp3) is 0.385. The summed E-state index contributed by atoms with van der Waals surface area (Å²) in [6.45, 7) is 6.80. The third-order valence-electron chi connectivity index (χ3n) is 6.73. The fourth-order valence-electron chi connectivity index (χ4n) is 4.18. The molecule has 1 aliphatic rings. The third kappa shape index (κ3) is 3.63. The maximum atomic E-state index is 13.1.